The van der Waals surface area contributed by atoms with Gasteiger partial charge < -0.3 is 15.2 Å². The predicted molar refractivity (Wildman–Crippen MR) is 85.7 cm³/mol. The van der Waals surface area contributed by atoms with Crippen LogP contribution in [0.5, 0.6) is 0 Å². The second-order valence-electron chi connectivity index (χ2n) is 7.14. The van der Waals surface area contributed by atoms with Gasteiger partial charge in [0.1, 0.15) is 12.1 Å². The van der Waals surface area contributed by atoms with E-state index in [2.05, 4.69) is 11.9 Å². The number of carbonyl (C=O) groups excluding carboxylic acids is 1. The van der Waals surface area contributed by atoms with Crippen LogP contribution in [0.3, 0.4) is 0 Å². The van der Waals surface area contributed by atoms with Gasteiger partial charge in [0.25, 0.3) is 0 Å². The molecule has 3 atom stereocenters. The molecular weight excluding hydrogens is 282 g/mol. The molecule has 1 saturated carbocycles. The third kappa shape index (κ3) is 5.70. The second-order valence-corrected chi connectivity index (χ2v) is 7.14. The largest absolute Gasteiger partial charge is 0.480 e. The first-order chi connectivity index (χ1) is 10.3. The summed E-state index contributed by atoms with van der Waals surface area (Å²) in [5, 5.41) is 11.7. The number of carboxylic acids is 1. The Labute approximate surface area is 133 Å². The Kier molecular flexibility index (Phi) is 6.91. The molecule has 22 heavy (non-hydrogen) atoms. The Bertz CT molecular complexity index is 400. The number of aliphatic carboxylic acids is 1. The van der Waals surface area contributed by atoms with Crippen LogP contribution in [0.15, 0.2) is 12.7 Å². The summed E-state index contributed by atoms with van der Waals surface area (Å²) in [4.78, 5) is 23.3. The van der Waals surface area contributed by atoms with Gasteiger partial charge in [0.05, 0.1) is 0 Å². The van der Waals surface area contributed by atoms with Crippen molar-refractivity contribution in [3.05, 3.63) is 12.7 Å². The van der Waals surface area contributed by atoms with E-state index in [0.29, 0.717) is 5.92 Å². The van der Waals surface area contributed by atoms with E-state index in [0.717, 1.165) is 38.5 Å². The molecule has 0 aromatic carbocycles. The predicted octanol–water partition coefficient (Wildman–Crippen LogP) is 3.74. The van der Waals surface area contributed by atoms with E-state index in [1.807, 2.05) is 6.08 Å². The number of rotatable bonds is 7. The number of amides is 1. The number of nitrogens with one attached hydrogen (secondary N) is 1. The maximum atomic E-state index is 12.0. The number of hydrogen-bond donors (Lipinski definition) is 2. The van der Waals surface area contributed by atoms with Gasteiger partial charge in [-0.2, -0.15) is 0 Å². The molecule has 0 aliphatic heterocycles. The molecule has 0 radical (unpaired) electrons. The number of hydrogen-bond acceptors (Lipinski definition) is 3. The number of ether oxygens (including phenoxy) is 1. The monoisotopic (exact) mass is 311 g/mol. The maximum Gasteiger partial charge on any atom is 0.408 e. The minimum Gasteiger partial charge on any atom is -0.480 e. The fraction of sp³-hybridized carbons (Fsp3) is 0.765. The summed E-state index contributed by atoms with van der Waals surface area (Å²) in [6.07, 6.45) is 7.20. The Morgan fingerprint density at radius 3 is 2.64 bits per heavy atom. The van der Waals surface area contributed by atoms with Crippen LogP contribution in [-0.4, -0.2) is 29.3 Å². The molecule has 0 heterocycles. The highest BCUT2D eigenvalue weighted by atomic mass is 16.6. The molecule has 5 heteroatoms. The molecule has 0 saturated heterocycles. The summed E-state index contributed by atoms with van der Waals surface area (Å²) in [6.45, 7) is 9.05. The van der Waals surface area contributed by atoms with Crippen LogP contribution < -0.4 is 5.32 Å². The van der Waals surface area contributed by atoms with Crippen LogP contribution in [0.25, 0.3) is 0 Å². The van der Waals surface area contributed by atoms with E-state index >= 15 is 0 Å². The molecule has 2 N–H and O–H groups in total. The van der Waals surface area contributed by atoms with Crippen LogP contribution in [0, 0.1) is 11.3 Å². The smallest absolute Gasteiger partial charge is 0.408 e. The number of alkyl carbamates (subject to hydrolysis) is 1. The zero-order chi connectivity index (χ0) is 16.8. The van der Waals surface area contributed by atoms with Crippen LogP contribution >= 0.6 is 0 Å². The van der Waals surface area contributed by atoms with Crippen molar-refractivity contribution < 1.29 is 19.4 Å². The number of carboxylic acid groups (broad SMARTS) is 1. The minimum absolute atomic E-state index is 0.0979. The summed E-state index contributed by atoms with van der Waals surface area (Å²) >= 11 is 0. The van der Waals surface area contributed by atoms with Crippen molar-refractivity contribution in [1.29, 1.82) is 0 Å². The summed E-state index contributed by atoms with van der Waals surface area (Å²) in [6, 6.07) is -0.958. The lowest BCUT2D eigenvalue weighted by molar-refractivity contribution is -0.142. The molecule has 1 amide bonds. The molecule has 126 valence electrons. The first-order valence-electron chi connectivity index (χ1n) is 8.06. The first kappa shape index (κ1) is 18.5. The molecule has 1 aliphatic rings. The summed E-state index contributed by atoms with van der Waals surface area (Å²) < 4.78 is 5.49. The standard InChI is InChI=1S/C17H29NO4/c1-5-6-7-9-12-10-8-11-13(12)22-16(21)18-14(15(19)20)17(2,3)4/h5,12-14H,1,6-11H2,2-4H3,(H,18,21)(H,19,20)/t12?,13?,14-/m1/s1. The molecule has 1 fully saturated rings. The SMILES string of the molecule is C=CCCCC1CCCC1OC(=O)N[C@H](C(=O)O)C(C)(C)C. The molecule has 0 bridgehead atoms. The first-order valence-corrected chi connectivity index (χ1v) is 8.06. The number of allylic oxidation sites excluding steroid dienone is 1. The Morgan fingerprint density at radius 2 is 2.09 bits per heavy atom. The zero-order valence-corrected chi connectivity index (χ0v) is 13.9. The lowest BCUT2D eigenvalue weighted by Crippen LogP contribution is -2.50. The van der Waals surface area contributed by atoms with E-state index in [1.54, 1.807) is 20.8 Å². The second kappa shape index (κ2) is 8.20. The summed E-state index contributed by atoms with van der Waals surface area (Å²) in [7, 11) is 0. The van der Waals surface area contributed by atoms with Gasteiger partial charge >= 0.3 is 12.1 Å². The summed E-state index contributed by atoms with van der Waals surface area (Å²) in [5.41, 5.74) is -0.566. The van der Waals surface area contributed by atoms with Gasteiger partial charge in [0.2, 0.25) is 0 Å². The van der Waals surface area contributed by atoms with Gasteiger partial charge in [0, 0.05) is 0 Å². The normalized spacial score (nSPS) is 22.9. The topological polar surface area (TPSA) is 75.6 Å². The van der Waals surface area contributed by atoms with Crippen LogP contribution in [0.1, 0.15) is 59.3 Å². The average Bonchev–Trinajstić information content (AvgIpc) is 2.82. The van der Waals surface area contributed by atoms with E-state index in [1.165, 1.54) is 0 Å². The highest BCUT2D eigenvalue weighted by Crippen LogP contribution is 2.32. The number of carbonyl (C=O) groups is 2. The fourth-order valence-corrected chi connectivity index (χ4v) is 2.95. The molecule has 5 nitrogen and oxygen atoms in total. The van der Waals surface area contributed by atoms with E-state index in [9.17, 15) is 14.7 Å². The third-order valence-electron chi connectivity index (χ3n) is 4.21. The van der Waals surface area contributed by atoms with Crippen LogP contribution in [0.2, 0.25) is 0 Å². The van der Waals surface area contributed by atoms with E-state index in [4.69, 9.17) is 4.74 Å². The summed E-state index contributed by atoms with van der Waals surface area (Å²) in [5.74, 6) is -0.665. The van der Waals surface area contributed by atoms with Crippen molar-refractivity contribution >= 4 is 12.1 Å². The zero-order valence-electron chi connectivity index (χ0n) is 13.9. The van der Waals surface area contributed by atoms with E-state index in [-0.39, 0.29) is 6.10 Å². The van der Waals surface area contributed by atoms with Crippen molar-refractivity contribution in [2.45, 2.75) is 71.4 Å². The molecule has 0 aromatic rings. The lowest BCUT2D eigenvalue weighted by Gasteiger charge is -2.28. The maximum absolute atomic E-state index is 12.0. The van der Waals surface area contributed by atoms with Crippen LogP contribution in [-0.2, 0) is 9.53 Å². The van der Waals surface area contributed by atoms with Gasteiger partial charge in [-0.1, -0.05) is 26.8 Å². The third-order valence-corrected chi connectivity index (χ3v) is 4.21. The average molecular weight is 311 g/mol. The van der Waals surface area contributed by atoms with Crippen molar-refractivity contribution in [2.24, 2.45) is 11.3 Å². The Balaban J connectivity index is 2.52. The quantitative estimate of drug-likeness (QED) is 0.555. The van der Waals surface area contributed by atoms with Crippen molar-refractivity contribution in [2.75, 3.05) is 0 Å². The van der Waals surface area contributed by atoms with Gasteiger partial charge in [-0.3, -0.25) is 0 Å². The van der Waals surface area contributed by atoms with Crippen molar-refractivity contribution in [3.63, 3.8) is 0 Å². The van der Waals surface area contributed by atoms with Crippen LogP contribution in [0.4, 0.5) is 4.79 Å². The molecular formula is C17H29NO4. The molecule has 0 aromatic heterocycles. The van der Waals surface area contributed by atoms with E-state index < -0.39 is 23.5 Å². The molecule has 0 spiro atoms. The molecule has 2 unspecified atom stereocenters. The molecule has 1 aliphatic carbocycles. The van der Waals surface area contributed by atoms with Crippen molar-refractivity contribution in [1.82, 2.24) is 5.32 Å². The van der Waals surface area contributed by atoms with Gasteiger partial charge in [0.15, 0.2) is 0 Å². The minimum atomic E-state index is -1.04. The fourth-order valence-electron chi connectivity index (χ4n) is 2.95. The molecule has 1 rings (SSSR count). The van der Waals surface area contributed by atoms with Crippen molar-refractivity contribution in [3.8, 4) is 0 Å². The lowest BCUT2D eigenvalue weighted by atomic mass is 9.87. The van der Waals surface area contributed by atoms with Gasteiger partial charge in [-0.25, -0.2) is 9.59 Å². The Hall–Kier alpha value is -1.52. The Morgan fingerprint density at radius 1 is 1.41 bits per heavy atom. The van der Waals surface area contributed by atoms with Gasteiger partial charge in [-0.15, -0.1) is 6.58 Å². The highest BCUT2D eigenvalue weighted by molar-refractivity contribution is 5.80. The number of unbranched alkanes of at least 4 members (excludes halogenated alkanes) is 1. The van der Waals surface area contributed by atoms with Gasteiger partial charge in [-0.05, 0) is 49.9 Å². The highest BCUT2D eigenvalue weighted by Gasteiger charge is 2.35.